The highest BCUT2D eigenvalue weighted by Crippen LogP contribution is 2.25. The number of pyridine rings is 1. The Kier molecular flexibility index (Phi) is 3.28. The quantitative estimate of drug-likeness (QED) is 0.903. The first-order valence-electron chi connectivity index (χ1n) is 6.60. The maximum atomic E-state index is 11.4. The molecule has 1 fully saturated rings. The van der Waals surface area contributed by atoms with E-state index in [9.17, 15) is 9.90 Å². The van der Waals surface area contributed by atoms with Crippen molar-refractivity contribution >= 4 is 22.7 Å². The zero-order valence-corrected chi connectivity index (χ0v) is 11.2. The van der Waals surface area contributed by atoms with E-state index in [0.717, 1.165) is 22.3 Å². The molecule has 1 saturated heterocycles. The number of hydrogen-bond acceptors (Lipinski definition) is 4. The largest absolute Gasteiger partial charge is 0.480 e. The van der Waals surface area contributed by atoms with Crippen LogP contribution in [0.2, 0.25) is 0 Å². The molecule has 2 aromatic rings. The van der Waals surface area contributed by atoms with Crippen LogP contribution in [0.3, 0.4) is 0 Å². The number of anilines is 1. The van der Waals surface area contributed by atoms with Gasteiger partial charge in [-0.05, 0) is 24.6 Å². The Labute approximate surface area is 116 Å². The Bertz CT molecular complexity index is 657. The molecule has 2 heterocycles. The summed E-state index contributed by atoms with van der Waals surface area (Å²) in [4.78, 5) is 17.8. The first-order chi connectivity index (χ1) is 9.66. The van der Waals surface area contributed by atoms with Gasteiger partial charge >= 0.3 is 5.97 Å². The van der Waals surface area contributed by atoms with Gasteiger partial charge in [0, 0.05) is 11.9 Å². The third-order valence-electron chi connectivity index (χ3n) is 3.57. The van der Waals surface area contributed by atoms with E-state index in [2.05, 4.69) is 4.98 Å². The number of ether oxygens (including phenoxy) is 1. The Morgan fingerprint density at radius 1 is 1.45 bits per heavy atom. The first kappa shape index (κ1) is 12.9. The second-order valence-corrected chi connectivity index (χ2v) is 4.94. The third kappa shape index (κ3) is 2.20. The number of carboxylic acids is 1. The van der Waals surface area contributed by atoms with E-state index >= 15 is 0 Å². The van der Waals surface area contributed by atoms with Crippen LogP contribution in [0.4, 0.5) is 5.82 Å². The fourth-order valence-corrected chi connectivity index (χ4v) is 2.56. The molecule has 3 rings (SSSR count). The summed E-state index contributed by atoms with van der Waals surface area (Å²) in [6.07, 6.45) is 0. The van der Waals surface area contributed by atoms with E-state index in [1.165, 1.54) is 0 Å². The Hall–Kier alpha value is -2.14. The molecule has 1 unspecified atom stereocenters. The lowest BCUT2D eigenvalue weighted by atomic mass is 10.1. The molecular weight excluding hydrogens is 256 g/mol. The maximum absolute atomic E-state index is 11.4. The van der Waals surface area contributed by atoms with E-state index in [4.69, 9.17) is 4.74 Å². The third-order valence-corrected chi connectivity index (χ3v) is 3.57. The second kappa shape index (κ2) is 5.09. The van der Waals surface area contributed by atoms with Crippen LogP contribution < -0.4 is 4.90 Å². The molecule has 5 nitrogen and oxygen atoms in total. The number of aryl methyl sites for hydroxylation is 1. The van der Waals surface area contributed by atoms with Gasteiger partial charge in [-0.2, -0.15) is 0 Å². The van der Waals surface area contributed by atoms with E-state index in [1.54, 1.807) is 0 Å². The van der Waals surface area contributed by atoms with Crippen LogP contribution in [-0.2, 0) is 9.53 Å². The summed E-state index contributed by atoms with van der Waals surface area (Å²) in [6, 6.07) is 9.23. The lowest BCUT2D eigenvalue weighted by molar-refractivity contribution is -0.141. The summed E-state index contributed by atoms with van der Waals surface area (Å²) in [7, 11) is 0. The molecule has 0 bridgehead atoms. The normalized spacial score (nSPS) is 19.2. The van der Waals surface area contributed by atoms with Gasteiger partial charge < -0.3 is 14.7 Å². The number of carbonyl (C=O) groups is 1. The predicted octanol–water partition coefficient (Wildman–Crippen LogP) is 1.83. The molecule has 1 aliphatic heterocycles. The zero-order valence-electron chi connectivity index (χ0n) is 11.2. The standard InChI is InChI=1S/C15H16N2O3/c1-10-8-11-4-2-3-5-12(11)16-14(10)17-6-7-20-9-13(17)15(18)19/h2-5,8,13H,6-7,9H2,1H3,(H,18,19). The van der Waals surface area contributed by atoms with Gasteiger partial charge in [0.05, 0.1) is 18.7 Å². The van der Waals surface area contributed by atoms with Gasteiger partial charge in [0.25, 0.3) is 0 Å². The summed E-state index contributed by atoms with van der Waals surface area (Å²) in [6.45, 7) is 3.23. The van der Waals surface area contributed by atoms with Crippen molar-refractivity contribution in [3.8, 4) is 0 Å². The van der Waals surface area contributed by atoms with Crippen molar-refractivity contribution in [1.82, 2.24) is 4.98 Å². The number of rotatable bonds is 2. The number of morpholine rings is 1. The van der Waals surface area contributed by atoms with Gasteiger partial charge in [-0.15, -0.1) is 0 Å². The summed E-state index contributed by atoms with van der Waals surface area (Å²) >= 11 is 0. The summed E-state index contributed by atoms with van der Waals surface area (Å²) in [5.41, 5.74) is 1.86. The van der Waals surface area contributed by atoms with Gasteiger partial charge in [-0.3, -0.25) is 0 Å². The smallest absolute Gasteiger partial charge is 0.328 e. The Balaban J connectivity index is 2.07. The van der Waals surface area contributed by atoms with Crippen molar-refractivity contribution in [2.24, 2.45) is 0 Å². The van der Waals surface area contributed by atoms with Gasteiger partial charge in [0.15, 0.2) is 6.04 Å². The van der Waals surface area contributed by atoms with Gasteiger partial charge in [0.1, 0.15) is 5.82 Å². The van der Waals surface area contributed by atoms with Crippen LogP contribution in [0.15, 0.2) is 30.3 Å². The number of benzene rings is 1. The Morgan fingerprint density at radius 3 is 3.05 bits per heavy atom. The fraction of sp³-hybridized carbons (Fsp3) is 0.333. The maximum Gasteiger partial charge on any atom is 0.328 e. The van der Waals surface area contributed by atoms with E-state index in [-0.39, 0.29) is 6.61 Å². The number of aromatic nitrogens is 1. The number of carboxylic acid groups (broad SMARTS) is 1. The molecule has 5 heteroatoms. The summed E-state index contributed by atoms with van der Waals surface area (Å²) in [5, 5.41) is 10.4. The molecule has 1 aliphatic rings. The van der Waals surface area contributed by atoms with Crippen LogP contribution in [0, 0.1) is 6.92 Å². The highest BCUT2D eigenvalue weighted by Gasteiger charge is 2.31. The molecule has 0 amide bonds. The SMILES string of the molecule is Cc1cc2ccccc2nc1N1CCOCC1C(=O)O. The second-order valence-electron chi connectivity index (χ2n) is 4.94. The number of fused-ring (bicyclic) bond motifs is 1. The minimum Gasteiger partial charge on any atom is -0.480 e. The van der Waals surface area contributed by atoms with Crippen LogP contribution in [0.25, 0.3) is 10.9 Å². The van der Waals surface area contributed by atoms with Crippen molar-refractivity contribution in [3.63, 3.8) is 0 Å². The van der Waals surface area contributed by atoms with Crippen LogP contribution in [0.5, 0.6) is 0 Å². The minimum absolute atomic E-state index is 0.198. The molecular formula is C15H16N2O3. The molecule has 1 N–H and O–H groups in total. The van der Waals surface area contributed by atoms with Crippen molar-refractivity contribution in [1.29, 1.82) is 0 Å². The van der Waals surface area contributed by atoms with E-state index in [0.29, 0.717) is 13.2 Å². The highest BCUT2D eigenvalue weighted by atomic mass is 16.5. The van der Waals surface area contributed by atoms with Crippen molar-refractivity contribution in [2.45, 2.75) is 13.0 Å². The molecule has 1 aromatic heterocycles. The van der Waals surface area contributed by atoms with E-state index in [1.807, 2.05) is 42.2 Å². The summed E-state index contributed by atoms with van der Waals surface area (Å²) < 4.78 is 5.27. The molecule has 0 saturated carbocycles. The summed E-state index contributed by atoms with van der Waals surface area (Å²) in [5.74, 6) is -0.140. The minimum atomic E-state index is -0.876. The lowest BCUT2D eigenvalue weighted by Gasteiger charge is -2.34. The number of para-hydroxylation sites is 1. The Morgan fingerprint density at radius 2 is 2.25 bits per heavy atom. The molecule has 0 radical (unpaired) electrons. The van der Waals surface area contributed by atoms with Crippen molar-refractivity contribution in [3.05, 3.63) is 35.9 Å². The average Bonchev–Trinajstić information content (AvgIpc) is 2.46. The lowest BCUT2D eigenvalue weighted by Crippen LogP contribution is -2.50. The van der Waals surface area contributed by atoms with Gasteiger partial charge in [-0.25, -0.2) is 9.78 Å². The van der Waals surface area contributed by atoms with E-state index < -0.39 is 12.0 Å². The molecule has 0 spiro atoms. The topological polar surface area (TPSA) is 62.7 Å². The predicted molar refractivity (Wildman–Crippen MR) is 76.1 cm³/mol. The molecule has 104 valence electrons. The molecule has 1 atom stereocenters. The molecule has 1 aromatic carbocycles. The first-order valence-corrected chi connectivity index (χ1v) is 6.60. The average molecular weight is 272 g/mol. The highest BCUT2D eigenvalue weighted by molar-refractivity contribution is 5.84. The van der Waals surface area contributed by atoms with Gasteiger partial charge in [0.2, 0.25) is 0 Å². The van der Waals surface area contributed by atoms with Crippen molar-refractivity contribution in [2.75, 3.05) is 24.7 Å². The van der Waals surface area contributed by atoms with Crippen molar-refractivity contribution < 1.29 is 14.6 Å². The number of nitrogens with zero attached hydrogens (tertiary/aromatic N) is 2. The zero-order chi connectivity index (χ0) is 14.1. The van der Waals surface area contributed by atoms with Crippen LogP contribution in [-0.4, -0.2) is 41.9 Å². The fourth-order valence-electron chi connectivity index (χ4n) is 2.56. The van der Waals surface area contributed by atoms with Crippen LogP contribution >= 0.6 is 0 Å². The monoisotopic (exact) mass is 272 g/mol. The molecule has 20 heavy (non-hydrogen) atoms. The number of hydrogen-bond donors (Lipinski definition) is 1. The number of aliphatic carboxylic acids is 1. The molecule has 0 aliphatic carbocycles. The van der Waals surface area contributed by atoms with Crippen LogP contribution in [0.1, 0.15) is 5.56 Å². The van der Waals surface area contributed by atoms with Gasteiger partial charge in [-0.1, -0.05) is 18.2 Å².